The minimum absolute atomic E-state index is 0.178. The van der Waals surface area contributed by atoms with Crippen molar-refractivity contribution in [3.63, 3.8) is 0 Å². The summed E-state index contributed by atoms with van der Waals surface area (Å²) in [7, 11) is 0. The summed E-state index contributed by atoms with van der Waals surface area (Å²) in [6.07, 6.45) is 5.29. The van der Waals surface area contributed by atoms with Gasteiger partial charge in [0.1, 0.15) is 0 Å². The highest BCUT2D eigenvalue weighted by atomic mass is 16.5. The number of carbonyl (C=O) groups excluding carboxylic acids is 1. The Morgan fingerprint density at radius 3 is 2.61 bits per heavy atom. The molecule has 104 valence electrons. The van der Waals surface area contributed by atoms with Crippen molar-refractivity contribution in [2.75, 3.05) is 26.3 Å². The molecule has 2 fully saturated rings. The van der Waals surface area contributed by atoms with Crippen LogP contribution in [0.15, 0.2) is 0 Å². The molecule has 1 aliphatic heterocycles. The van der Waals surface area contributed by atoms with Gasteiger partial charge >= 0.3 is 0 Å². The number of hydrogen-bond donors (Lipinski definition) is 1. The van der Waals surface area contributed by atoms with E-state index >= 15 is 0 Å². The summed E-state index contributed by atoms with van der Waals surface area (Å²) in [5.74, 6) is 1.03. The van der Waals surface area contributed by atoms with Crippen LogP contribution in [0.3, 0.4) is 0 Å². The van der Waals surface area contributed by atoms with Crippen molar-refractivity contribution in [2.45, 2.75) is 45.1 Å². The first-order valence-corrected chi connectivity index (χ1v) is 7.36. The van der Waals surface area contributed by atoms with Gasteiger partial charge in [-0.15, -0.1) is 0 Å². The second-order valence-corrected chi connectivity index (χ2v) is 5.50. The molecule has 0 aromatic heterocycles. The molecule has 1 aliphatic carbocycles. The van der Waals surface area contributed by atoms with Crippen molar-refractivity contribution in [1.82, 2.24) is 4.90 Å². The van der Waals surface area contributed by atoms with Gasteiger partial charge in [0, 0.05) is 31.7 Å². The maximum absolute atomic E-state index is 12.6. The largest absolute Gasteiger partial charge is 0.381 e. The molecule has 4 heteroatoms. The van der Waals surface area contributed by atoms with E-state index in [-0.39, 0.29) is 5.92 Å². The van der Waals surface area contributed by atoms with E-state index in [1.54, 1.807) is 0 Å². The molecule has 1 saturated carbocycles. The monoisotopic (exact) mass is 254 g/mol. The highest BCUT2D eigenvalue weighted by molar-refractivity contribution is 5.79. The van der Waals surface area contributed by atoms with Gasteiger partial charge in [-0.05, 0) is 45.1 Å². The van der Waals surface area contributed by atoms with E-state index in [1.165, 1.54) is 12.8 Å². The van der Waals surface area contributed by atoms with E-state index in [4.69, 9.17) is 10.5 Å². The molecule has 1 heterocycles. The third-order valence-electron chi connectivity index (χ3n) is 4.52. The maximum Gasteiger partial charge on any atom is 0.226 e. The molecule has 0 aromatic rings. The van der Waals surface area contributed by atoms with E-state index in [0.717, 1.165) is 39.0 Å². The number of carbonyl (C=O) groups is 1. The molecular formula is C14H26N2O2. The Hall–Kier alpha value is -0.610. The Labute approximate surface area is 110 Å². The lowest BCUT2D eigenvalue weighted by atomic mass is 9.95. The van der Waals surface area contributed by atoms with Gasteiger partial charge in [0.25, 0.3) is 0 Å². The van der Waals surface area contributed by atoms with Gasteiger partial charge in [-0.25, -0.2) is 0 Å². The second-order valence-electron chi connectivity index (χ2n) is 5.50. The standard InChI is InChI=1S/C14H26N2O2/c1-2-16(13-5-3-4-12(13)10-15)14(17)11-6-8-18-9-7-11/h11-13H,2-10,15H2,1H3. The molecule has 2 unspecified atom stereocenters. The summed E-state index contributed by atoms with van der Waals surface area (Å²) in [5.41, 5.74) is 5.84. The van der Waals surface area contributed by atoms with Crippen molar-refractivity contribution >= 4 is 5.91 Å². The van der Waals surface area contributed by atoms with E-state index in [9.17, 15) is 4.79 Å². The molecule has 2 atom stereocenters. The average Bonchev–Trinajstić information content (AvgIpc) is 2.89. The molecule has 1 amide bonds. The highest BCUT2D eigenvalue weighted by Gasteiger charge is 2.35. The summed E-state index contributed by atoms with van der Waals surface area (Å²) in [4.78, 5) is 14.7. The van der Waals surface area contributed by atoms with Crippen LogP contribution in [-0.2, 0) is 9.53 Å². The van der Waals surface area contributed by atoms with Crippen LogP contribution in [0.1, 0.15) is 39.0 Å². The Bertz CT molecular complexity index is 277. The first-order valence-electron chi connectivity index (χ1n) is 7.36. The molecule has 0 aromatic carbocycles. The molecule has 1 saturated heterocycles. The van der Waals surface area contributed by atoms with Gasteiger partial charge in [-0.1, -0.05) is 6.42 Å². The SMILES string of the molecule is CCN(C(=O)C1CCOCC1)C1CCCC1CN. The summed E-state index contributed by atoms with van der Waals surface area (Å²) < 4.78 is 5.34. The summed E-state index contributed by atoms with van der Waals surface area (Å²) in [5, 5.41) is 0. The Kier molecular flexibility index (Phi) is 5.01. The number of ether oxygens (including phenoxy) is 1. The Morgan fingerprint density at radius 2 is 2.00 bits per heavy atom. The predicted octanol–water partition coefficient (Wildman–Crippen LogP) is 1.39. The maximum atomic E-state index is 12.6. The molecule has 4 nitrogen and oxygen atoms in total. The van der Waals surface area contributed by atoms with Gasteiger partial charge in [-0.3, -0.25) is 4.79 Å². The molecule has 18 heavy (non-hydrogen) atoms. The highest BCUT2D eigenvalue weighted by Crippen LogP contribution is 2.31. The van der Waals surface area contributed by atoms with Crippen molar-refractivity contribution in [3.05, 3.63) is 0 Å². The van der Waals surface area contributed by atoms with Crippen molar-refractivity contribution in [1.29, 1.82) is 0 Å². The zero-order valence-electron chi connectivity index (χ0n) is 11.4. The topological polar surface area (TPSA) is 55.6 Å². The lowest BCUT2D eigenvalue weighted by Crippen LogP contribution is -2.47. The Morgan fingerprint density at radius 1 is 1.28 bits per heavy atom. The second kappa shape index (κ2) is 6.53. The summed E-state index contributed by atoms with van der Waals surface area (Å²) >= 11 is 0. The predicted molar refractivity (Wildman–Crippen MR) is 71.1 cm³/mol. The van der Waals surface area contributed by atoms with Crippen LogP contribution >= 0.6 is 0 Å². The number of nitrogens with two attached hydrogens (primary N) is 1. The number of nitrogens with zero attached hydrogens (tertiary/aromatic N) is 1. The number of rotatable bonds is 4. The molecule has 2 N–H and O–H groups in total. The molecule has 0 bridgehead atoms. The van der Waals surface area contributed by atoms with Crippen molar-refractivity contribution in [3.8, 4) is 0 Å². The van der Waals surface area contributed by atoms with Crippen LogP contribution < -0.4 is 5.73 Å². The lowest BCUT2D eigenvalue weighted by Gasteiger charge is -2.35. The van der Waals surface area contributed by atoms with Gasteiger partial charge in [0.05, 0.1) is 0 Å². The number of amides is 1. The van der Waals surface area contributed by atoms with Crippen molar-refractivity contribution < 1.29 is 9.53 Å². The lowest BCUT2D eigenvalue weighted by molar-refractivity contribution is -0.141. The minimum Gasteiger partial charge on any atom is -0.381 e. The molecular weight excluding hydrogens is 228 g/mol. The normalized spacial score (nSPS) is 29.4. The van der Waals surface area contributed by atoms with E-state index in [0.29, 0.717) is 24.4 Å². The molecule has 0 spiro atoms. The Balaban J connectivity index is 2.00. The van der Waals surface area contributed by atoms with Gasteiger partial charge in [0.15, 0.2) is 0 Å². The third-order valence-corrected chi connectivity index (χ3v) is 4.52. The van der Waals surface area contributed by atoms with Crippen molar-refractivity contribution in [2.24, 2.45) is 17.6 Å². The van der Waals surface area contributed by atoms with E-state index in [2.05, 4.69) is 11.8 Å². The molecule has 2 rings (SSSR count). The molecule has 0 radical (unpaired) electrons. The smallest absolute Gasteiger partial charge is 0.226 e. The van der Waals surface area contributed by atoms with Crippen LogP contribution in [0, 0.1) is 11.8 Å². The first-order chi connectivity index (χ1) is 8.77. The fourth-order valence-corrected chi connectivity index (χ4v) is 3.44. The first kappa shape index (κ1) is 13.8. The van der Waals surface area contributed by atoms with Crippen LogP contribution in [0.25, 0.3) is 0 Å². The van der Waals surface area contributed by atoms with E-state index in [1.807, 2.05) is 0 Å². The zero-order valence-corrected chi connectivity index (χ0v) is 11.4. The third kappa shape index (κ3) is 2.86. The zero-order chi connectivity index (χ0) is 13.0. The average molecular weight is 254 g/mol. The minimum atomic E-state index is 0.178. The van der Waals surface area contributed by atoms with E-state index < -0.39 is 0 Å². The quantitative estimate of drug-likeness (QED) is 0.825. The van der Waals surface area contributed by atoms with Gasteiger partial charge in [0.2, 0.25) is 5.91 Å². The fraction of sp³-hybridized carbons (Fsp3) is 0.929. The summed E-state index contributed by atoms with van der Waals surface area (Å²) in [6.45, 7) is 5.08. The van der Waals surface area contributed by atoms with Crippen LogP contribution in [-0.4, -0.2) is 43.2 Å². The summed E-state index contributed by atoms with van der Waals surface area (Å²) in [6, 6.07) is 0.385. The van der Waals surface area contributed by atoms with Crippen LogP contribution in [0.4, 0.5) is 0 Å². The van der Waals surface area contributed by atoms with Crippen LogP contribution in [0.5, 0.6) is 0 Å². The molecule has 2 aliphatic rings. The number of hydrogen-bond acceptors (Lipinski definition) is 3. The van der Waals surface area contributed by atoms with Gasteiger partial charge in [-0.2, -0.15) is 0 Å². The van der Waals surface area contributed by atoms with Crippen LogP contribution in [0.2, 0.25) is 0 Å². The fourth-order valence-electron chi connectivity index (χ4n) is 3.44. The van der Waals surface area contributed by atoms with Gasteiger partial charge < -0.3 is 15.4 Å².